The molecule has 0 saturated carbocycles. The number of hydrogen-bond donors (Lipinski definition) is 2. The molecule has 3 aromatic rings. The fourth-order valence-corrected chi connectivity index (χ4v) is 2.83. The molecule has 0 radical (unpaired) electrons. The quantitative estimate of drug-likeness (QED) is 0.400. The number of hydrogen-bond acceptors (Lipinski definition) is 5. The number of aliphatic imine (C=N–C) groups is 1. The van der Waals surface area contributed by atoms with Crippen molar-refractivity contribution in [1.82, 2.24) is 15.6 Å². The van der Waals surface area contributed by atoms with Crippen molar-refractivity contribution >= 4 is 5.96 Å². The number of ether oxygens (including phenoxy) is 3. The predicted molar refractivity (Wildman–Crippen MR) is 122 cm³/mol. The Balaban J connectivity index is 1.58. The van der Waals surface area contributed by atoms with Gasteiger partial charge in [-0.15, -0.1) is 0 Å². The molecule has 0 bridgehead atoms. The third-order valence-electron chi connectivity index (χ3n) is 4.42. The van der Waals surface area contributed by atoms with Gasteiger partial charge in [-0.25, -0.2) is 9.98 Å². The van der Waals surface area contributed by atoms with Crippen LogP contribution in [0.1, 0.15) is 18.1 Å². The Morgan fingerprint density at radius 2 is 1.61 bits per heavy atom. The molecule has 0 aliphatic carbocycles. The van der Waals surface area contributed by atoms with Crippen molar-refractivity contribution in [3.05, 3.63) is 78.0 Å². The first-order valence-corrected chi connectivity index (χ1v) is 10.1. The van der Waals surface area contributed by atoms with Gasteiger partial charge < -0.3 is 24.8 Å². The van der Waals surface area contributed by atoms with E-state index in [1.165, 1.54) is 0 Å². The average Bonchev–Trinajstić information content (AvgIpc) is 2.82. The monoisotopic (exact) mass is 420 g/mol. The van der Waals surface area contributed by atoms with Crippen LogP contribution in [-0.2, 0) is 13.1 Å². The maximum atomic E-state index is 5.78. The molecular formula is C24H28N4O3. The van der Waals surface area contributed by atoms with Crippen molar-refractivity contribution < 1.29 is 14.2 Å². The molecule has 1 aromatic heterocycles. The second kappa shape index (κ2) is 11.4. The number of nitrogens with zero attached hydrogens (tertiary/aromatic N) is 2. The number of benzene rings is 2. The molecule has 0 spiro atoms. The summed E-state index contributed by atoms with van der Waals surface area (Å²) in [5, 5.41) is 6.60. The van der Waals surface area contributed by atoms with Crippen LogP contribution < -0.4 is 24.8 Å². The molecule has 0 unspecified atom stereocenters. The van der Waals surface area contributed by atoms with E-state index in [1.54, 1.807) is 20.4 Å². The highest BCUT2D eigenvalue weighted by atomic mass is 16.5. The van der Waals surface area contributed by atoms with Crippen molar-refractivity contribution in [2.75, 3.05) is 20.8 Å². The van der Waals surface area contributed by atoms with Crippen molar-refractivity contribution in [2.45, 2.75) is 20.0 Å². The summed E-state index contributed by atoms with van der Waals surface area (Å²) < 4.78 is 16.3. The van der Waals surface area contributed by atoms with E-state index in [0.29, 0.717) is 24.7 Å². The number of aromatic nitrogens is 1. The smallest absolute Gasteiger partial charge is 0.219 e. The summed E-state index contributed by atoms with van der Waals surface area (Å²) in [6.45, 7) is 3.96. The molecule has 0 amide bonds. The molecule has 7 nitrogen and oxygen atoms in total. The lowest BCUT2D eigenvalue weighted by Crippen LogP contribution is -2.36. The first-order chi connectivity index (χ1) is 15.2. The van der Waals surface area contributed by atoms with Gasteiger partial charge in [0, 0.05) is 31.4 Å². The van der Waals surface area contributed by atoms with Crippen molar-refractivity contribution in [3.8, 4) is 23.1 Å². The van der Waals surface area contributed by atoms with E-state index in [0.717, 1.165) is 35.1 Å². The van der Waals surface area contributed by atoms with Gasteiger partial charge in [-0.1, -0.05) is 24.3 Å². The van der Waals surface area contributed by atoms with Crippen molar-refractivity contribution in [3.63, 3.8) is 0 Å². The maximum absolute atomic E-state index is 5.78. The van der Waals surface area contributed by atoms with Crippen molar-refractivity contribution in [2.24, 2.45) is 4.99 Å². The maximum Gasteiger partial charge on any atom is 0.219 e. The van der Waals surface area contributed by atoms with Crippen LogP contribution in [0.2, 0.25) is 0 Å². The topological polar surface area (TPSA) is 77.0 Å². The molecule has 1 heterocycles. The molecular weight excluding hydrogens is 392 g/mol. The third-order valence-corrected chi connectivity index (χ3v) is 4.42. The van der Waals surface area contributed by atoms with Gasteiger partial charge >= 0.3 is 0 Å². The summed E-state index contributed by atoms with van der Waals surface area (Å²) in [7, 11) is 3.29. The van der Waals surface area contributed by atoms with Gasteiger partial charge in [0.2, 0.25) is 5.88 Å². The molecule has 0 atom stereocenters. The second-order valence-corrected chi connectivity index (χ2v) is 6.69. The van der Waals surface area contributed by atoms with Gasteiger partial charge in [-0.05, 0) is 42.3 Å². The molecule has 0 saturated heterocycles. The first kappa shape index (κ1) is 22.0. The highest BCUT2D eigenvalue weighted by molar-refractivity contribution is 5.79. The average molecular weight is 421 g/mol. The van der Waals surface area contributed by atoms with Crippen LogP contribution >= 0.6 is 0 Å². The van der Waals surface area contributed by atoms with Gasteiger partial charge in [0.15, 0.2) is 5.96 Å². The standard InChI is InChI=1S/C24H28N4O3/c1-4-25-24(27-15-18-7-5-8-20(13-18)29-2)28-17-19-11-12-23(26-16-19)31-22-10-6-9-21(14-22)30-3/h5-14,16H,4,15,17H2,1-3H3,(H2,25,27,28). The predicted octanol–water partition coefficient (Wildman–Crippen LogP) is 4.15. The highest BCUT2D eigenvalue weighted by Crippen LogP contribution is 2.23. The Kier molecular flexibility index (Phi) is 8.11. The lowest BCUT2D eigenvalue weighted by Gasteiger charge is -2.12. The van der Waals surface area contributed by atoms with Gasteiger partial charge in [0.05, 0.1) is 20.8 Å². The Morgan fingerprint density at radius 1 is 0.871 bits per heavy atom. The molecule has 31 heavy (non-hydrogen) atoms. The summed E-state index contributed by atoms with van der Waals surface area (Å²) in [6.07, 6.45) is 1.77. The van der Waals surface area contributed by atoms with Gasteiger partial charge in [-0.2, -0.15) is 0 Å². The van der Waals surface area contributed by atoms with Crippen molar-refractivity contribution in [1.29, 1.82) is 0 Å². The molecule has 7 heteroatoms. The van der Waals surface area contributed by atoms with Gasteiger partial charge in [0.1, 0.15) is 17.2 Å². The zero-order chi connectivity index (χ0) is 21.9. The number of rotatable bonds is 9. The largest absolute Gasteiger partial charge is 0.497 e. The molecule has 2 aromatic carbocycles. The van der Waals surface area contributed by atoms with E-state index >= 15 is 0 Å². The van der Waals surface area contributed by atoms with Gasteiger partial charge in [-0.3, -0.25) is 0 Å². The summed E-state index contributed by atoms with van der Waals surface area (Å²) >= 11 is 0. The van der Waals surface area contributed by atoms with Crippen LogP contribution in [0, 0.1) is 0 Å². The lowest BCUT2D eigenvalue weighted by molar-refractivity contribution is 0.407. The molecule has 0 fully saturated rings. The number of nitrogens with one attached hydrogen (secondary N) is 2. The fraction of sp³-hybridized carbons (Fsp3) is 0.250. The van der Waals surface area contributed by atoms with Crippen LogP contribution in [0.4, 0.5) is 0 Å². The number of pyridine rings is 1. The minimum atomic E-state index is 0.500. The van der Waals surface area contributed by atoms with Crippen LogP contribution in [0.25, 0.3) is 0 Å². The molecule has 162 valence electrons. The Bertz CT molecular complexity index is 990. The van der Waals surface area contributed by atoms with Crippen LogP contribution in [-0.4, -0.2) is 31.7 Å². The van der Waals surface area contributed by atoms with E-state index < -0.39 is 0 Å². The van der Waals surface area contributed by atoms with Crippen LogP contribution in [0.3, 0.4) is 0 Å². The molecule has 2 N–H and O–H groups in total. The van der Waals surface area contributed by atoms with E-state index in [9.17, 15) is 0 Å². The summed E-state index contributed by atoms with van der Waals surface area (Å²) in [5.74, 6) is 3.50. The highest BCUT2D eigenvalue weighted by Gasteiger charge is 2.03. The molecule has 3 rings (SSSR count). The van der Waals surface area contributed by atoms with Gasteiger partial charge in [0.25, 0.3) is 0 Å². The Hall–Kier alpha value is -3.74. The Morgan fingerprint density at radius 3 is 2.32 bits per heavy atom. The minimum Gasteiger partial charge on any atom is -0.497 e. The minimum absolute atomic E-state index is 0.500. The molecule has 0 aliphatic rings. The lowest BCUT2D eigenvalue weighted by atomic mass is 10.2. The summed E-state index contributed by atoms with van der Waals surface area (Å²) in [6, 6.07) is 19.2. The summed E-state index contributed by atoms with van der Waals surface area (Å²) in [5.41, 5.74) is 2.10. The third kappa shape index (κ3) is 6.92. The molecule has 0 aliphatic heterocycles. The van der Waals surface area contributed by atoms with Crippen LogP contribution in [0.15, 0.2) is 71.9 Å². The van der Waals surface area contributed by atoms with E-state index in [1.807, 2.05) is 67.6 Å². The second-order valence-electron chi connectivity index (χ2n) is 6.69. The number of methoxy groups -OCH3 is 2. The number of guanidine groups is 1. The van der Waals surface area contributed by atoms with E-state index in [-0.39, 0.29) is 0 Å². The van der Waals surface area contributed by atoms with E-state index in [4.69, 9.17) is 14.2 Å². The zero-order valence-electron chi connectivity index (χ0n) is 18.1. The summed E-state index contributed by atoms with van der Waals surface area (Å²) in [4.78, 5) is 9.02. The van der Waals surface area contributed by atoms with Crippen LogP contribution in [0.5, 0.6) is 23.1 Å². The zero-order valence-corrected chi connectivity index (χ0v) is 18.1. The normalized spacial score (nSPS) is 11.0. The Labute approximate surface area is 183 Å². The van der Waals surface area contributed by atoms with E-state index in [2.05, 4.69) is 20.6 Å². The first-order valence-electron chi connectivity index (χ1n) is 10.1. The SMILES string of the molecule is CCNC(=NCc1ccc(Oc2cccc(OC)c2)nc1)NCc1cccc(OC)c1. The fourth-order valence-electron chi connectivity index (χ4n) is 2.83.